The molecule has 1 amide bonds. The van der Waals surface area contributed by atoms with Crippen molar-refractivity contribution in [1.82, 2.24) is 0 Å². The van der Waals surface area contributed by atoms with Crippen LogP contribution in [0.2, 0.25) is 0 Å². The van der Waals surface area contributed by atoms with E-state index < -0.39 is 17.7 Å². The van der Waals surface area contributed by atoms with Gasteiger partial charge in [0, 0.05) is 18.3 Å². The molecule has 34 heavy (non-hydrogen) atoms. The molecule has 3 aromatic rings. The molecule has 0 bridgehead atoms. The summed E-state index contributed by atoms with van der Waals surface area (Å²) in [5.41, 5.74) is 4.72. The largest absolute Gasteiger partial charge is 0.507 e. The third kappa shape index (κ3) is 3.43. The number of likely N-dealkylation sites (N-methyl/N-ethyl adjacent to an activating group) is 1. The smallest absolute Gasteiger partial charge is 0.300 e. The number of rotatable bonds is 3. The minimum atomic E-state index is -0.744. The third-order valence-electron chi connectivity index (χ3n) is 6.72. The number of aliphatic hydroxyl groups is 1. The topological polar surface area (TPSA) is 70.1 Å². The van der Waals surface area contributed by atoms with Crippen LogP contribution >= 0.6 is 0 Å². The molecule has 1 atom stereocenters. The van der Waals surface area contributed by atoms with E-state index in [0.29, 0.717) is 17.9 Å². The molecule has 0 spiro atoms. The summed E-state index contributed by atoms with van der Waals surface area (Å²) in [6.07, 6.45) is 0. The zero-order chi connectivity index (χ0) is 24.0. The second-order valence-electron chi connectivity index (χ2n) is 8.75. The molecule has 2 aliphatic rings. The number of nitrogens with zero attached hydrogens (tertiary/aromatic N) is 2. The average molecular weight is 455 g/mol. The minimum Gasteiger partial charge on any atom is -0.507 e. The van der Waals surface area contributed by atoms with Crippen molar-refractivity contribution in [2.24, 2.45) is 0 Å². The Balaban J connectivity index is 1.72. The molecule has 1 fully saturated rings. The van der Waals surface area contributed by atoms with Crippen LogP contribution in [0.1, 0.15) is 28.3 Å². The first-order valence-electron chi connectivity index (χ1n) is 11.3. The molecule has 3 aromatic carbocycles. The van der Waals surface area contributed by atoms with Crippen molar-refractivity contribution in [3.63, 3.8) is 0 Å². The summed E-state index contributed by atoms with van der Waals surface area (Å²) in [5.74, 6) is -0.820. The molecule has 0 aliphatic carbocycles. The van der Waals surface area contributed by atoms with Crippen LogP contribution < -0.4 is 14.5 Å². The summed E-state index contributed by atoms with van der Waals surface area (Å²) in [7, 11) is 1.95. The SMILES string of the molecule is Cc1cccc(N2C(=O)C(=O)/C(=C(\O)c3ccc4c(c3)N(C)CCO4)C2c2ccccc2)c1C. The van der Waals surface area contributed by atoms with Crippen molar-refractivity contribution in [1.29, 1.82) is 0 Å². The van der Waals surface area contributed by atoms with Crippen molar-refractivity contribution >= 4 is 28.8 Å². The summed E-state index contributed by atoms with van der Waals surface area (Å²) in [6.45, 7) is 5.21. The van der Waals surface area contributed by atoms with Gasteiger partial charge in [0.15, 0.2) is 0 Å². The van der Waals surface area contributed by atoms with Crippen LogP contribution in [0.25, 0.3) is 5.76 Å². The third-order valence-corrected chi connectivity index (χ3v) is 6.72. The fraction of sp³-hybridized carbons (Fsp3) is 0.214. The Morgan fingerprint density at radius 3 is 2.50 bits per heavy atom. The highest BCUT2D eigenvalue weighted by atomic mass is 16.5. The molecular weight excluding hydrogens is 428 g/mol. The number of ether oxygens (including phenoxy) is 1. The van der Waals surface area contributed by atoms with Crippen molar-refractivity contribution < 1.29 is 19.4 Å². The fourth-order valence-electron chi connectivity index (χ4n) is 4.68. The summed E-state index contributed by atoms with van der Waals surface area (Å²) in [6, 6.07) is 19.6. The quantitative estimate of drug-likeness (QED) is 0.351. The van der Waals surface area contributed by atoms with Crippen LogP contribution in [0.4, 0.5) is 11.4 Å². The molecular formula is C28H26N2O4. The van der Waals surface area contributed by atoms with E-state index in [4.69, 9.17) is 4.74 Å². The molecule has 172 valence electrons. The van der Waals surface area contributed by atoms with Crippen LogP contribution in [0.15, 0.2) is 72.3 Å². The number of hydrogen-bond acceptors (Lipinski definition) is 5. The molecule has 6 heteroatoms. The van der Waals surface area contributed by atoms with Gasteiger partial charge >= 0.3 is 0 Å². The van der Waals surface area contributed by atoms with Crippen molar-refractivity contribution in [3.05, 3.63) is 94.6 Å². The van der Waals surface area contributed by atoms with Gasteiger partial charge in [0.1, 0.15) is 18.1 Å². The molecule has 2 aliphatic heterocycles. The maximum Gasteiger partial charge on any atom is 0.300 e. The standard InChI is InChI=1S/C28H26N2O4/c1-17-8-7-11-21(18(17)2)30-25(19-9-5-4-6-10-19)24(27(32)28(30)33)26(31)20-12-13-23-22(16-20)29(3)14-15-34-23/h4-13,16,25,31H,14-15H2,1-3H3/b26-24-. The lowest BCUT2D eigenvalue weighted by molar-refractivity contribution is -0.132. The predicted molar refractivity (Wildman–Crippen MR) is 132 cm³/mol. The van der Waals surface area contributed by atoms with Gasteiger partial charge in [-0.3, -0.25) is 14.5 Å². The van der Waals surface area contributed by atoms with Gasteiger partial charge in [-0.1, -0.05) is 42.5 Å². The summed E-state index contributed by atoms with van der Waals surface area (Å²) >= 11 is 0. The van der Waals surface area contributed by atoms with Crippen molar-refractivity contribution in [3.8, 4) is 5.75 Å². The van der Waals surface area contributed by atoms with E-state index in [1.54, 1.807) is 18.2 Å². The number of carbonyl (C=O) groups excluding carboxylic acids is 2. The maximum absolute atomic E-state index is 13.4. The van der Waals surface area contributed by atoms with Gasteiger partial charge in [0.2, 0.25) is 0 Å². The highest BCUT2D eigenvalue weighted by molar-refractivity contribution is 6.51. The zero-order valence-electron chi connectivity index (χ0n) is 19.4. The predicted octanol–water partition coefficient (Wildman–Crippen LogP) is 4.76. The van der Waals surface area contributed by atoms with Crippen LogP contribution in [0, 0.1) is 13.8 Å². The van der Waals surface area contributed by atoms with Crippen molar-refractivity contribution in [2.45, 2.75) is 19.9 Å². The number of Topliss-reactive ketones (excluding diaryl/α,β-unsaturated/α-hetero) is 1. The molecule has 1 N–H and O–H groups in total. The van der Waals surface area contributed by atoms with E-state index in [2.05, 4.69) is 0 Å². The Labute approximate surface area is 198 Å². The van der Waals surface area contributed by atoms with Gasteiger partial charge in [-0.15, -0.1) is 0 Å². The Hall–Kier alpha value is -4.06. The number of carbonyl (C=O) groups is 2. The van der Waals surface area contributed by atoms with Gasteiger partial charge < -0.3 is 14.7 Å². The molecule has 5 rings (SSSR count). The normalized spacial score (nSPS) is 19.2. The average Bonchev–Trinajstić information content (AvgIpc) is 3.11. The van der Waals surface area contributed by atoms with Crippen molar-refractivity contribution in [2.75, 3.05) is 30.0 Å². The molecule has 0 radical (unpaired) electrons. The van der Waals surface area contributed by atoms with Crippen LogP contribution in [-0.2, 0) is 9.59 Å². The lowest BCUT2D eigenvalue weighted by atomic mass is 9.94. The lowest BCUT2D eigenvalue weighted by Crippen LogP contribution is -2.30. The highest BCUT2D eigenvalue weighted by Gasteiger charge is 2.47. The van der Waals surface area contributed by atoms with Crippen LogP contribution in [0.5, 0.6) is 5.75 Å². The van der Waals surface area contributed by atoms with Crippen LogP contribution in [0.3, 0.4) is 0 Å². The second kappa shape index (κ2) is 8.37. The maximum atomic E-state index is 13.4. The molecule has 0 saturated carbocycles. The Morgan fingerprint density at radius 2 is 1.74 bits per heavy atom. The number of ketones is 1. The Kier molecular flexibility index (Phi) is 5.36. The van der Waals surface area contributed by atoms with Gasteiger partial charge in [-0.25, -0.2) is 0 Å². The fourth-order valence-corrected chi connectivity index (χ4v) is 4.68. The number of benzene rings is 3. The molecule has 1 unspecified atom stereocenters. The highest BCUT2D eigenvalue weighted by Crippen LogP contribution is 2.44. The summed E-state index contributed by atoms with van der Waals surface area (Å²) < 4.78 is 5.71. The number of aliphatic hydroxyl groups excluding tert-OH is 1. The van der Waals surface area contributed by atoms with Gasteiger partial charge in [-0.2, -0.15) is 0 Å². The second-order valence-corrected chi connectivity index (χ2v) is 8.75. The zero-order valence-corrected chi connectivity index (χ0v) is 19.4. The number of aryl methyl sites for hydroxylation is 1. The monoisotopic (exact) mass is 454 g/mol. The molecule has 6 nitrogen and oxygen atoms in total. The Bertz CT molecular complexity index is 1330. The number of fused-ring (bicyclic) bond motifs is 1. The van der Waals surface area contributed by atoms with Crippen LogP contribution in [-0.4, -0.2) is 37.0 Å². The Morgan fingerprint density at radius 1 is 0.971 bits per heavy atom. The first-order valence-corrected chi connectivity index (χ1v) is 11.3. The van der Waals surface area contributed by atoms with E-state index in [9.17, 15) is 14.7 Å². The minimum absolute atomic E-state index is 0.0800. The number of hydrogen-bond donors (Lipinski definition) is 1. The summed E-state index contributed by atoms with van der Waals surface area (Å²) in [5, 5.41) is 11.4. The molecule has 0 aromatic heterocycles. The number of anilines is 2. The first kappa shape index (κ1) is 21.8. The lowest BCUT2D eigenvalue weighted by Gasteiger charge is -2.28. The van der Waals surface area contributed by atoms with Gasteiger partial charge in [0.25, 0.3) is 11.7 Å². The van der Waals surface area contributed by atoms with E-state index >= 15 is 0 Å². The van der Waals surface area contributed by atoms with E-state index in [0.717, 1.165) is 34.7 Å². The van der Waals surface area contributed by atoms with Gasteiger partial charge in [0.05, 0.1) is 23.8 Å². The van der Waals surface area contributed by atoms with E-state index in [-0.39, 0.29) is 11.3 Å². The van der Waals surface area contributed by atoms with E-state index in [1.807, 2.05) is 74.3 Å². The first-order chi connectivity index (χ1) is 16.4. The number of amides is 1. The van der Waals surface area contributed by atoms with E-state index in [1.165, 1.54) is 4.90 Å². The molecule has 2 heterocycles. The molecule has 1 saturated heterocycles. The van der Waals surface area contributed by atoms with Gasteiger partial charge in [-0.05, 0) is 54.8 Å². The summed E-state index contributed by atoms with van der Waals surface area (Å²) in [4.78, 5) is 30.3.